The quantitative estimate of drug-likeness (QED) is 0.663. The van der Waals surface area contributed by atoms with E-state index >= 15 is 0 Å². The molecule has 2 rings (SSSR count). The third kappa shape index (κ3) is 6.07. The molecule has 0 spiro atoms. The van der Waals surface area contributed by atoms with Gasteiger partial charge in [-0.2, -0.15) is 5.26 Å². The molecule has 2 N–H and O–H groups in total. The van der Waals surface area contributed by atoms with Gasteiger partial charge in [0.1, 0.15) is 5.75 Å². The Morgan fingerprint density at radius 2 is 1.97 bits per heavy atom. The molecule has 1 aromatic rings. The molecule has 0 bridgehead atoms. The summed E-state index contributed by atoms with van der Waals surface area (Å²) >= 11 is 0. The molecule has 0 aromatic heterocycles. The van der Waals surface area contributed by atoms with Crippen LogP contribution < -0.4 is 4.74 Å². The number of hydrogen-bond donors (Lipinski definition) is 2. The van der Waals surface area contributed by atoms with E-state index in [1.807, 2.05) is 24.3 Å². The molecule has 9 nitrogen and oxygen atoms in total. The fourth-order valence-electron chi connectivity index (χ4n) is 3.51. The molecule has 1 aromatic carbocycles. The van der Waals surface area contributed by atoms with E-state index in [9.17, 15) is 20.0 Å². The molecule has 0 aliphatic carbocycles. The first-order chi connectivity index (χ1) is 13.9. The van der Waals surface area contributed by atoms with Crippen molar-refractivity contribution in [2.45, 2.75) is 31.5 Å². The van der Waals surface area contributed by atoms with Crippen LogP contribution in [0.25, 0.3) is 0 Å². The van der Waals surface area contributed by atoms with Crippen molar-refractivity contribution in [3.8, 4) is 11.8 Å². The Morgan fingerprint density at radius 1 is 1.28 bits per heavy atom. The number of ether oxygens (including phenoxy) is 1. The molecule has 2 atom stereocenters. The van der Waals surface area contributed by atoms with Crippen LogP contribution in [0.3, 0.4) is 0 Å². The molecule has 1 heterocycles. The fraction of sp³-hybridized carbons (Fsp3) is 0.550. The smallest absolute Gasteiger partial charge is 0.407 e. The maximum absolute atomic E-state index is 12.4. The van der Waals surface area contributed by atoms with Crippen molar-refractivity contribution in [3.05, 3.63) is 29.8 Å². The molecule has 29 heavy (non-hydrogen) atoms. The van der Waals surface area contributed by atoms with Crippen LogP contribution in [0.2, 0.25) is 0 Å². The van der Waals surface area contributed by atoms with Crippen LogP contribution in [0.15, 0.2) is 24.3 Å². The largest absolute Gasteiger partial charge is 0.497 e. The van der Waals surface area contributed by atoms with Gasteiger partial charge in [-0.3, -0.25) is 9.69 Å². The molecular weight excluding hydrogens is 376 g/mol. The summed E-state index contributed by atoms with van der Waals surface area (Å²) in [5, 5.41) is 27.8. The third-order valence-electron chi connectivity index (χ3n) is 5.20. The Labute approximate surface area is 170 Å². The first kappa shape index (κ1) is 22.5. The van der Waals surface area contributed by atoms with E-state index < -0.39 is 12.1 Å². The van der Waals surface area contributed by atoms with Crippen LogP contribution in [-0.2, 0) is 11.3 Å². The molecule has 0 radical (unpaired) electrons. The summed E-state index contributed by atoms with van der Waals surface area (Å²) in [5.41, 5.74) is 1.01. The van der Waals surface area contributed by atoms with Crippen molar-refractivity contribution in [2.24, 2.45) is 0 Å². The lowest BCUT2D eigenvalue weighted by atomic mass is 10.0. The van der Waals surface area contributed by atoms with Gasteiger partial charge >= 0.3 is 6.09 Å². The highest BCUT2D eigenvalue weighted by Crippen LogP contribution is 2.23. The van der Waals surface area contributed by atoms with Gasteiger partial charge in [-0.15, -0.1) is 0 Å². The minimum atomic E-state index is -1.10. The normalized spacial score (nSPS) is 19.4. The third-order valence-corrected chi connectivity index (χ3v) is 5.20. The number of piperazine rings is 1. The van der Waals surface area contributed by atoms with E-state index in [1.54, 1.807) is 14.2 Å². The molecule has 2 amide bonds. The van der Waals surface area contributed by atoms with Crippen molar-refractivity contribution in [3.63, 3.8) is 0 Å². The molecule has 9 heteroatoms. The molecular formula is C20H28N4O5. The summed E-state index contributed by atoms with van der Waals surface area (Å²) in [5.74, 6) is 0.520. The lowest BCUT2D eigenvalue weighted by Gasteiger charge is -2.44. The van der Waals surface area contributed by atoms with E-state index in [1.165, 1.54) is 9.80 Å². The predicted molar refractivity (Wildman–Crippen MR) is 105 cm³/mol. The zero-order valence-electron chi connectivity index (χ0n) is 16.8. The van der Waals surface area contributed by atoms with Gasteiger partial charge in [-0.1, -0.05) is 12.1 Å². The van der Waals surface area contributed by atoms with E-state index in [0.29, 0.717) is 13.1 Å². The molecule has 0 saturated carbocycles. The van der Waals surface area contributed by atoms with E-state index in [2.05, 4.69) is 11.0 Å². The fourth-order valence-corrected chi connectivity index (χ4v) is 3.51. The van der Waals surface area contributed by atoms with Crippen molar-refractivity contribution < 1.29 is 24.5 Å². The minimum Gasteiger partial charge on any atom is -0.497 e. The average Bonchev–Trinajstić information content (AvgIpc) is 2.70. The maximum Gasteiger partial charge on any atom is 0.407 e. The predicted octanol–water partition coefficient (Wildman–Crippen LogP) is 0.982. The number of methoxy groups -OCH3 is 1. The first-order valence-corrected chi connectivity index (χ1v) is 9.47. The van der Waals surface area contributed by atoms with Crippen LogP contribution in [0.1, 0.15) is 18.4 Å². The Balaban J connectivity index is 2.18. The number of rotatable bonds is 8. The summed E-state index contributed by atoms with van der Waals surface area (Å²) in [6.45, 7) is 1.11. The van der Waals surface area contributed by atoms with Gasteiger partial charge in [0.05, 0.1) is 32.2 Å². The Kier molecular flexibility index (Phi) is 8.24. The van der Waals surface area contributed by atoms with Crippen LogP contribution >= 0.6 is 0 Å². The standard InChI is InChI=1S/C20H28N4O5/c1-22(9-10-25)19(26)11-17-13-23(12-15-3-5-18(29-2)6-4-15)16(7-8-21)14-24(17)20(27)28/h3-6,16-17,25H,7,9-14H2,1-2H3,(H,27,28). The summed E-state index contributed by atoms with van der Waals surface area (Å²) in [4.78, 5) is 28.9. The number of carboxylic acid groups (broad SMARTS) is 1. The number of carbonyl (C=O) groups is 2. The van der Waals surface area contributed by atoms with Gasteiger partial charge < -0.3 is 24.7 Å². The highest BCUT2D eigenvalue weighted by molar-refractivity contribution is 5.77. The number of benzene rings is 1. The number of hydrogen-bond acceptors (Lipinski definition) is 6. The summed E-state index contributed by atoms with van der Waals surface area (Å²) in [6, 6.07) is 8.94. The number of carbonyl (C=O) groups excluding carboxylic acids is 1. The second-order valence-electron chi connectivity index (χ2n) is 7.13. The van der Waals surface area contributed by atoms with Gasteiger partial charge in [-0.05, 0) is 17.7 Å². The van der Waals surface area contributed by atoms with E-state index in [-0.39, 0.29) is 44.5 Å². The van der Waals surface area contributed by atoms with Gasteiger partial charge in [0.15, 0.2) is 0 Å². The first-order valence-electron chi connectivity index (χ1n) is 9.47. The van der Waals surface area contributed by atoms with Crippen molar-refractivity contribution in [1.29, 1.82) is 5.26 Å². The molecule has 2 unspecified atom stereocenters. The Morgan fingerprint density at radius 3 is 2.52 bits per heavy atom. The highest BCUT2D eigenvalue weighted by Gasteiger charge is 2.37. The monoisotopic (exact) mass is 404 g/mol. The Bertz CT molecular complexity index is 733. The minimum absolute atomic E-state index is 0.0290. The van der Waals surface area contributed by atoms with E-state index in [4.69, 9.17) is 9.84 Å². The van der Waals surface area contributed by atoms with Crippen LogP contribution in [0.5, 0.6) is 5.75 Å². The molecule has 1 fully saturated rings. The number of nitriles is 1. The van der Waals surface area contributed by atoms with Crippen LogP contribution in [-0.4, -0.2) is 89.4 Å². The molecule has 1 aliphatic rings. The van der Waals surface area contributed by atoms with Gasteiger partial charge in [0.25, 0.3) is 0 Å². The average molecular weight is 404 g/mol. The highest BCUT2D eigenvalue weighted by atomic mass is 16.5. The second kappa shape index (κ2) is 10.6. The summed E-state index contributed by atoms with van der Waals surface area (Å²) < 4.78 is 5.17. The zero-order valence-corrected chi connectivity index (χ0v) is 16.8. The molecule has 158 valence electrons. The summed E-state index contributed by atoms with van der Waals surface area (Å²) in [6.07, 6.45) is -0.869. The maximum atomic E-state index is 12.4. The summed E-state index contributed by atoms with van der Waals surface area (Å²) in [7, 11) is 3.18. The van der Waals surface area contributed by atoms with E-state index in [0.717, 1.165) is 11.3 Å². The number of aliphatic hydroxyl groups is 1. The number of likely N-dealkylation sites (N-methyl/N-ethyl adjacent to an activating group) is 1. The Hall–Kier alpha value is -2.83. The molecule has 1 aliphatic heterocycles. The SMILES string of the molecule is COc1ccc(CN2CC(CC(=O)N(C)CCO)N(C(=O)O)CC2CC#N)cc1. The van der Waals surface area contributed by atoms with Gasteiger partial charge in [0.2, 0.25) is 5.91 Å². The van der Waals surface area contributed by atoms with Crippen LogP contribution in [0, 0.1) is 11.3 Å². The van der Waals surface area contributed by atoms with Crippen molar-refractivity contribution in [2.75, 3.05) is 40.4 Å². The second-order valence-corrected chi connectivity index (χ2v) is 7.13. The number of amides is 2. The zero-order chi connectivity index (χ0) is 21.4. The lowest BCUT2D eigenvalue weighted by Crippen LogP contribution is -2.60. The van der Waals surface area contributed by atoms with Crippen LogP contribution in [0.4, 0.5) is 4.79 Å². The van der Waals surface area contributed by atoms with Gasteiger partial charge in [0, 0.05) is 45.7 Å². The van der Waals surface area contributed by atoms with Crippen molar-refractivity contribution >= 4 is 12.0 Å². The number of aliphatic hydroxyl groups excluding tert-OH is 1. The number of nitrogens with zero attached hydrogens (tertiary/aromatic N) is 4. The van der Waals surface area contributed by atoms with Crippen molar-refractivity contribution in [1.82, 2.24) is 14.7 Å². The molecule has 1 saturated heterocycles. The van der Waals surface area contributed by atoms with Gasteiger partial charge in [-0.25, -0.2) is 4.79 Å². The lowest BCUT2D eigenvalue weighted by molar-refractivity contribution is -0.132. The topological polar surface area (TPSA) is 117 Å².